The number of aryl methyl sites for hydroxylation is 1. The Morgan fingerprint density at radius 3 is 2.21 bits per heavy atom. The number of piperazine rings is 1. The Labute approximate surface area is 204 Å². The largest absolute Gasteiger partial charge is 0.368 e. The fourth-order valence-corrected chi connectivity index (χ4v) is 5.06. The van der Waals surface area contributed by atoms with Crippen molar-refractivity contribution in [2.24, 2.45) is 0 Å². The highest BCUT2D eigenvalue weighted by atomic mass is 32.2. The minimum Gasteiger partial charge on any atom is -0.368 e. The molecule has 6 nitrogen and oxygen atoms in total. The van der Waals surface area contributed by atoms with Crippen LogP contribution in [0.25, 0.3) is 17.1 Å². The zero-order chi connectivity index (χ0) is 23.3. The molecule has 1 aliphatic rings. The van der Waals surface area contributed by atoms with Crippen LogP contribution >= 0.6 is 11.8 Å². The van der Waals surface area contributed by atoms with Crippen LogP contribution in [0.2, 0.25) is 0 Å². The molecule has 1 fully saturated rings. The van der Waals surface area contributed by atoms with E-state index in [1.165, 1.54) is 23.0 Å². The first-order valence-electron chi connectivity index (χ1n) is 11.5. The summed E-state index contributed by atoms with van der Waals surface area (Å²) < 4.78 is 2.03. The molecule has 0 bridgehead atoms. The van der Waals surface area contributed by atoms with Gasteiger partial charge in [0.2, 0.25) is 5.91 Å². The van der Waals surface area contributed by atoms with Crippen molar-refractivity contribution in [3.63, 3.8) is 0 Å². The number of amides is 1. The maximum Gasteiger partial charge on any atom is 0.233 e. The molecule has 0 N–H and O–H groups in total. The van der Waals surface area contributed by atoms with E-state index in [1.807, 2.05) is 70.1 Å². The summed E-state index contributed by atoms with van der Waals surface area (Å²) in [5.41, 5.74) is 4.45. The molecule has 172 valence electrons. The standard InChI is InChI=1S/C27H27N5OS/c1-21-9-8-14-24(19-21)30-15-17-31(18-16-30)25(33)20-34-27-29-28-26(22-10-4-2-5-11-22)32(27)23-12-6-3-7-13-23/h2-14,19H,15-18,20H2,1H3. The quantitative estimate of drug-likeness (QED) is 0.384. The molecule has 2 heterocycles. The SMILES string of the molecule is Cc1cccc(N2CCN(C(=O)CSc3nnc(-c4ccccc4)n3-c3ccccc3)CC2)c1. The molecule has 7 heteroatoms. The van der Waals surface area contributed by atoms with Crippen LogP contribution in [0.5, 0.6) is 0 Å². The molecule has 0 atom stereocenters. The number of carbonyl (C=O) groups excluding carboxylic acids is 1. The van der Waals surface area contributed by atoms with Gasteiger partial charge in [-0.2, -0.15) is 0 Å². The predicted molar refractivity (Wildman–Crippen MR) is 137 cm³/mol. The molecule has 0 spiro atoms. The minimum absolute atomic E-state index is 0.137. The lowest BCUT2D eigenvalue weighted by Crippen LogP contribution is -2.49. The fraction of sp³-hybridized carbons (Fsp3) is 0.222. The van der Waals surface area contributed by atoms with E-state index in [0.29, 0.717) is 5.75 Å². The number of hydrogen-bond acceptors (Lipinski definition) is 5. The minimum atomic E-state index is 0.137. The lowest BCUT2D eigenvalue weighted by Gasteiger charge is -2.36. The summed E-state index contributed by atoms with van der Waals surface area (Å²) in [7, 11) is 0. The average molecular weight is 470 g/mol. The maximum atomic E-state index is 13.0. The monoisotopic (exact) mass is 469 g/mol. The molecule has 0 saturated carbocycles. The van der Waals surface area contributed by atoms with Crippen molar-refractivity contribution in [3.05, 3.63) is 90.5 Å². The van der Waals surface area contributed by atoms with E-state index in [2.05, 4.69) is 46.3 Å². The Morgan fingerprint density at radius 2 is 1.50 bits per heavy atom. The predicted octanol–water partition coefficient (Wildman–Crippen LogP) is 4.68. The van der Waals surface area contributed by atoms with Gasteiger partial charge in [-0.25, -0.2) is 0 Å². The Hall–Kier alpha value is -3.58. The normalized spacial score (nSPS) is 13.8. The lowest BCUT2D eigenvalue weighted by molar-refractivity contribution is -0.128. The van der Waals surface area contributed by atoms with Crippen LogP contribution in [0.3, 0.4) is 0 Å². The van der Waals surface area contributed by atoms with Crippen LogP contribution in [0, 0.1) is 6.92 Å². The van der Waals surface area contributed by atoms with Crippen LogP contribution in [0.15, 0.2) is 90.1 Å². The number of benzene rings is 3. The number of rotatable bonds is 6. The third-order valence-electron chi connectivity index (χ3n) is 6.00. The summed E-state index contributed by atoms with van der Waals surface area (Å²) in [6, 6.07) is 28.6. The molecule has 1 aromatic heterocycles. The average Bonchev–Trinajstić information content (AvgIpc) is 3.32. The zero-order valence-corrected chi connectivity index (χ0v) is 20.0. The molecule has 0 unspecified atom stereocenters. The van der Waals surface area contributed by atoms with E-state index in [4.69, 9.17) is 0 Å². The number of nitrogens with zero attached hydrogens (tertiary/aromatic N) is 5. The van der Waals surface area contributed by atoms with Gasteiger partial charge in [-0.1, -0.05) is 72.4 Å². The van der Waals surface area contributed by atoms with Crippen molar-refractivity contribution in [1.82, 2.24) is 19.7 Å². The maximum absolute atomic E-state index is 13.0. The van der Waals surface area contributed by atoms with Crippen molar-refractivity contribution >= 4 is 23.4 Å². The number of carbonyl (C=O) groups is 1. The van der Waals surface area contributed by atoms with Crippen molar-refractivity contribution in [2.75, 3.05) is 36.8 Å². The first kappa shape index (κ1) is 22.2. The zero-order valence-electron chi connectivity index (χ0n) is 19.2. The molecule has 34 heavy (non-hydrogen) atoms. The van der Waals surface area contributed by atoms with Crippen LogP contribution in [0.4, 0.5) is 5.69 Å². The summed E-state index contributed by atoms with van der Waals surface area (Å²) in [4.78, 5) is 17.3. The van der Waals surface area contributed by atoms with Crippen molar-refractivity contribution in [2.45, 2.75) is 12.1 Å². The Bertz CT molecular complexity index is 1250. The van der Waals surface area contributed by atoms with E-state index in [9.17, 15) is 4.79 Å². The highest BCUT2D eigenvalue weighted by Crippen LogP contribution is 2.28. The van der Waals surface area contributed by atoms with E-state index >= 15 is 0 Å². The summed E-state index contributed by atoms with van der Waals surface area (Å²) in [5, 5.41) is 9.63. The lowest BCUT2D eigenvalue weighted by atomic mass is 10.2. The highest BCUT2D eigenvalue weighted by molar-refractivity contribution is 7.99. The summed E-state index contributed by atoms with van der Waals surface area (Å²) in [6.45, 7) is 5.26. The summed E-state index contributed by atoms with van der Waals surface area (Å²) in [6.07, 6.45) is 0. The van der Waals surface area contributed by atoms with Gasteiger partial charge in [-0.3, -0.25) is 9.36 Å². The molecule has 5 rings (SSSR count). The second-order valence-corrected chi connectivity index (χ2v) is 9.28. The number of aromatic nitrogens is 3. The molecule has 4 aromatic rings. The highest BCUT2D eigenvalue weighted by Gasteiger charge is 2.23. The number of anilines is 1. The van der Waals surface area contributed by atoms with Gasteiger partial charge in [0.05, 0.1) is 5.75 Å². The fourth-order valence-electron chi connectivity index (χ4n) is 4.20. The van der Waals surface area contributed by atoms with E-state index in [-0.39, 0.29) is 5.91 Å². The smallest absolute Gasteiger partial charge is 0.233 e. The second kappa shape index (κ2) is 10.1. The number of thioether (sulfide) groups is 1. The van der Waals surface area contributed by atoms with Gasteiger partial charge in [0.15, 0.2) is 11.0 Å². The third-order valence-corrected chi connectivity index (χ3v) is 6.92. The van der Waals surface area contributed by atoms with Gasteiger partial charge in [0.1, 0.15) is 0 Å². The molecular formula is C27H27N5OS. The van der Waals surface area contributed by atoms with Gasteiger partial charge >= 0.3 is 0 Å². The number of para-hydroxylation sites is 1. The van der Waals surface area contributed by atoms with Crippen molar-refractivity contribution < 1.29 is 4.79 Å². The van der Waals surface area contributed by atoms with Gasteiger partial charge in [0, 0.05) is 43.1 Å². The first-order chi connectivity index (χ1) is 16.7. The molecule has 3 aromatic carbocycles. The van der Waals surface area contributed by atoms with Crippen LogP contribution in [-0.4, -0.2) is 57.5 Å². The van der Waals surface area contributed by atoms with Crippen LogP contribution < -0.4 is 4.90 Å². The van der Waals surface area contributed by atoms with E-state index < -0.39 is 0 Å². The van der Waals surface area contributed by atoms with E-state index in [0.717, 1.165) is 48.4 Å². The molecule has 1 aliphatic heterocycles. The Balaban J connectivity index is 1.27. The molecule has 1 amide bonds. The van der Waals surface area contributed by atoms with Crippen molar-refractivity contribution in [1.29, 1.82) is 0 Å². The molecule has 1 saturated heterocycles. The molecular weight excluding hydrogens is 442 g/mol. The van der Waals surface area contributed by atoms with Gasteiger partial charge < -0.3 is 9.80 Å². The topological polar surface area (TPSA) is 54.3 Å². The van der Waals surface area contributed by atoms with Gasteiger partial charge in [-0.15, -0.1) is 10.2 Å². The summed E-state index contributed by atoms with van der Waals surface area (Å²) >= 11 is 1.44. The van der Waals surface area contributed by atoms with Crippen molar-refractivity contribution in [3.8, 4) is 17.1 Å². The number of hydrogen-bond donors (Lipinski definition) is 0. The second-order valence-electron chi connectivity index (χ2n) is 8.34. The first-order valence-corrected chi connectivity index (χ1v) is 12.5. The Kier molecular flexibility index (Phi) is 6.62. The van der Waals surface area contributed by atoms with Crippen LogP contribution in [-0.2, 0) is 4.79 Å². The van der Waals surface area contributed by atoms with Gasteiger partial charge in [0.25, 0.3) is 0 Å². The summed E-state index contributed by atoms with van der Waals surface area (Å²) in [5.74, 6) is 1.25. The third kappa shape index (κ3) is 4.84. The van der Waals surface area contributed by atoms with Crippen LogP contribution in [0.1, 0.15) is 5.56 Å². The van der Waals surface area contributed by atoms with E-state index in [1.54, 1.807) is 0 Å². The molecule has 0 aliphatic carbocycles. The molecule has 0 radical (unpaired) electrons. The van der Waals surface area contributed by atoms with Gasteiger partial charge in [-0.05, 0) is 36.8 Å². The Morgan fingerprint density at radius 1 is 0.824 bits per heavy atom.